The van der Waals surface area contributed by atoms with Crippen LogP contribution < -0.4 is 9.62 Å². The highest BCUT2D eigenvalue weighted by molar-refractivity contribution is 7.92. The number of rotatable bonds is 12. The zero-order chi connectivity index (χ0) is 26.2. The lowest BCUT2D eigenvalue weighted by molar-refractivity contribution is -0.140. The summed E-state index contributed by atoms with van der Waals surface area (Å²) in [5, 5.41) is 2.87. The van der Waals surface area contributed by atoms with Crippen molar-refractivity contribution in [1.29, 1.82) is 0 Å². The van der Waals surface area contributed by atoms with Crippen LogP contribution in [-0.4, -0.2) is 50.0 Å². The standard InChI is InChI=1S/C25H33F2N3O4S/c1-5-18(2)28-25(32)19(3)29(17-20-8-10-21(26)11-9-20)24(31)7-6-16-30(35(4,33)34)23-14-12-22(27)13-15-23/h8-15,18-19H,5-7,16-17H2,1-4H3,(H,28,32)/t18-,19+/m1/s1. The van der Waals surface area contributed by atoms with Crippen molar-refractivity contribution in [3.8, 4) is 0 Å². The van der Waals surface area contributed by atoms with Gasteiger partial charge in [-0.2, -0.15) is 0 Å². The molecule has 0 aliphatic carbocycles. The maximum atomic E-state index is 13.3. The largest absolute Gasteiger partial charge is 0.352 e. The zero-order valence-electron chi connectivity index (χ0n) is 20.5. The third-order valence-electron chi connectivity index (χ3n) is 5.70. The Morgan fingerprint density at radius 1 is 0.971 bits per heavy atom. The van der Waals surface area contributed by atoms with E-state index in [0.717, 1.165) is 17.0 Å². The molecule has 0 heterocycles. The molecule has 0 aromatic heterocycles. The minimum atomic E-state index is -3.66. The summed E-state index contributed by atoms with van der Waals surface area (Å²) in [6.45, 7) is 5.54. The first-order valence-corrected chi connectivity index (χ1v) is 13.3. The van der Waals surface area contributed by atoms with Gasteiger partial charge in [0.15, 0.2) is 0 Å². The van der Waals surface area contributed by atoms with Crippen molar-refractivity contribution in [2.75, 3.05) is 17.1 Å². The van der Waals surface area contributed by atoms with E-state index in [-0.39, 0.29) is 43.8 Å². The van der Waals surface area contributed by atoms with Gasteiger partial charge in [0.2, 0.25) is 21.8 Å². The van der Waals surface area contributed by atoms with Gasteiger partial charge in [-0.1, -0.05) is 19.1 Å². The summed E-state index contributed by atoms with van der Waals surface area (Å²) in [4.78, 5) is 27.3. The van der Waals surface area contributed by atoms with Gasteiger partial charge in [-0.25, -0.2) is 17.2 Å². The van der Waals surface area contributed by atoms with Gasteiger partial charge in [0, 0.05) is 25.6 Å². The van der Waals surface area contributed by atoms with Gasteiger partial charge in [-0.3, -0.25) is 13.9 Å². The molecule has 0 unspecified atom stereocenters. The summed E-state index contributed by atoms with van der Waals surface area (Å²) in [7, 11) is -3.66. The molecule has 2 aromatic carbocycles. The van der Waals surface area contributed by atoms with E-state index < -0.39 is 27.7 Å². The maximum Gasteiger partial charge on any atom is 0.242 e. The zero-order valence-corrected chi connectivity index (χ0v) is 21.3. The summed E-state index contributed by atoms with van der Waals surface area (Å²) in [6.07, 6.45) is 1.94. The number of nitrogens with one attached hydrogen (secondary N) is 1. The SMILES string of the molecule is CC[C@@H](C)NC(=O)[C@H](C)N(Cc1ccc(F)cc1)C(=O)CCCN(c1ccc(F)cc1)S(C)(=O)=O. The Bertz CT molecular complexity index is 1090. The Morgan fingerprint density at radius 3 is 2.03 bits per heavy atom. The smallest absolute Gasteiger partial charge is 0.242 e. The molecule has 192 valence electrons. The Hall–Kier alpha value is -3.01. The van der Waals surface area contributed by atoms with Crippen molar-refractivity contribution >= 4 is 27.5 Å². The molecule has 7 nitrogen and oxygen atoms in total. The number of anilines is 1. The van der Waals surface area contributed by atoms with Gasteiger partial charge < -0.3 is 10.2 Å². The molecule has 1 N–H and O–H groups in total. The third kappa shape index (κ3) is 8.61. The van der Waals surface area contributed by atoms with Crippen LogP contribution in [0.25, 0.3) is 0 Å². The van der Waals surface area contributed by atoms with Crippen LogP contribution in [0.4, 0.5) is 14.5 Å². The van der Waals surface area contributed by atoms with E-state index in [0.29, 0.717) is 11.3 Å². The van der Waals surface area contributed by atoms with E-state index in [9.17, 15) is 26.8 Å². The molecular formula is C25H33F2N3O4S. The van der Waals surface area contributed by atoms with Crippen LogP contribution >= 0.6 is 0 Å². The molecule has 0 fully saturated rings. The van der Waals surface area contributed by atoms with Crippen LogP contribution in [0.15, 0.2) is 48.5 Å². The number of hydrogen-bond acceptors (Lipinski definition) is 4. The van der Waals surface area contributed by atoms with Crippen molar-refractivity contribution in [3.05, 3.63) is 65.7 Å². The maximum absolute atomic E-state index is 13.3. The van der Waals surface area contributed by atoms with Crippen LogP contribution in [0.2, 0.25) is 0 Å². The van der Waals surface area contributed by atoms with E-state index in [1.807, 2.05) is 13.8 Å². The predicted octanol–water partition coefficient (Wildman–Crippen LogP) is 3.84. The normalized spacial score (nSPS) is 13.1. The Morgan fingerprint density at radius 2 is 1.51 bits per heavy atom. The second-order valence-electron chi connectivity index (χ2n) is 8.56. The lowest BCUT2D eigenvalue weighted by Gasteiger charge is -2.30. The first kappa shape index (κ1) is 28.2. The summed E-state index contributed by atoms with van der Waals surface area (Å²) in [6, 6.07) is 9.88. The number of amides is 2. The second-order valence-corrected chi connectivity index (χ2v) is 10.5. The van der Waals surface area contributed by atoms with E-state index >= 15 is 0 Å². The van der Waals surface area contributed by atoms with Crippen molar-refractivity contribution in [3.63, 3.8) is 0 Å². The Labute approximate surface area is 206 Å². The molecule has 2 rings (SSSR count). The average molecular weight is 510 g/mol. The molecule has 35 heavy (non-hydrogen) atoms. The quantitative estimate of drug-likeness (QED) is 0.471. The van der Waals surface area contributed by atoms with Gasteiger partial charge in [-0.05, 0) is 68.7 Å². The summed E-state index contributed by atoms with van der Waals surface area (Å²) >= 11 is 0. The number of sulfonamides is 1. The lowest BCUT2D eigenvalue weighted by Crippen LogP contribution is -2.49. The molecule has 0 spiro atoms. The monoisotopic (exact) mass is 509 g/mol. The molecule has 0 bridgehead atoms. The minimum absolute atomic E-state index is 0.00798. The number of carbonyl (C=O) groups is 2. The molecular weight excluding hydrogens is 476 g/mol. The Kier molecular flexibility index (Phi) is 10.2. The van der Waals surface area contributed by atoms with Crippen molar-refractivity contribution < 1.29 is 26.8 Å². The van der Waals surface area contributed by atoms with Gasteiger partial charge in [-0.15, -0.1) is 0 Å². The molecule has 0 saturated heterocycles. The van der Waals surface area contributed by atoms with Gasteiger partial charge in [0.1, 0.15) is 17.7 Å². The molecule has 2 aromatic rings. The summed E-state index contributed by atoms with van der Waals surface area (Å²) in [5.41, 5.74) is 0.956. The number of hydrogen-bond donors (Lipinski definition) is 1. The fraction of sp³-hybridized carbons (Fsp3) is 0.440. The molecule has 0 saturated carbocycles. The van der Waals surface area contributed by atoms with E-state index in [4.69, 9.17) is 0 Å². The highest BCUT2D eigenvalue weighted by Crippen LogP contribution is 2.20. The highest BCUT2D eigenvalue weighted by atomic mass is 32.2. The number of halogens is 2. The average Bonchev–Trinajstić information content (AvgIpc) is 2.80. The summed E-state index contributed by atoms with van der Waals surface area (Å²) < 4.78 is 52.3. The first-order valence-electron chi connectivity index (χ1n) is 11.5. The van der Waals surface area contributed by atoms with Gasteiger partial charge >= 0.3 is 0 Å². The number of nitrogens with zero attached hydrogens (tertiary/aromatic N) is 2. The number of carbonyl (C=O) groups excluding carboxylic acids is 2. The van der Waals surface area contributed by atoms with E-state index in [1.165, 1.54) is 41.3 Å². The lowest BCUT2D eigenvalue weighted by atomic mass is 10.1. The van der Waals surface area contributed by atoms with Crippen LogP contribution in [-0.2, 0) is 26.2 Å². The van der Waals surface area contributed by atoms with Gasteiger partial charge in [0.25, 0.3) is 0 Å². The minimum Gasteiger partial charge on any atom is -0.352 e. The molecule has 10 heteroatoms. The first-order chi connectivity index (χ1) is 16.4. The summed E-state index contributed by atoms with van der Waals surface area (Å²) in [5.74, 6) is -1.54. The van der Waals surface area contributed by atoms with Crippen LogP contribution in [0.3, 0.4) is 0 Å². The van der Waals surface area contributed by atoms with Crippen molar-refractivity contribution in [2.24, 2.45) is 0 Å². The molecule has 0 radical (unpaired) electrons. The highest BCUT2D eigenvalue weighted by Gasteiger charge is 2.27. The van der Waals surface area contributed by atoms with Gasteiger partial charge in [0.05, 0.1) is 11.9 Å². The Balaban J connectivity index is 2.15. The number of benzene rings is 2. The molecule has 0 aliphatic heterocycles. The predicted molar refractivity (Wildman–Crippen MR) is 132 cm³/mol. The second kappa shape index (κ2) is 12.6. The van der Waals surface area contributed by atoms with Crippen LogP contribution in [0.1, 0.15) is 45.6 Å². The van der Waals surface area contributed by atoms with Crippen molar-refractivity contribution in [1.82, 2.24) is 10.2 Å². The van der Waals surface area contributed by atoms with E-state index in [2.05, 4.69) is 5.32 Å². The third-order valence-corrected chi connectivity index (χ3v) is 6.90. The van der Waals surface area contributed by atoms with Crippen LogP contribution in [0.5, 0.6) is 0 Å². The molecule has 0 aliphatic rings. The van der Waals surface area contributed by atoms with Crippen molar-refractivity contribution in [2.45, 2.75) is 58.7 Å². The topological polar surface area (TPSA) is 86.8 Å². The van der Waals surface area contributed by atoms with Crippen LogP contribution in [0, 0.1) is 11.6 Å². The van der Waals surface area contributed by atoms with E-state index in [1.54, 1.807) is 19.1 Å². The fourth-order valence-electron chi connectivity index (χ4n) is 3.45. The fourth-order valence-corrected chi connectivity index (χ4v) is 4.41. The molecule has 2 amide bonds. The molecule has 2 atom stereocenters.